The number of thioether (sulfide) groups is 1. The molecule has 7 heteroatoms. The number of aromatic nitrogens is 3. The van der Waals surface area contributed by atoms with Crippen molar-refractivity contribution in [2.24, 2.45) is 0 Å². The topological polar surface area (TPSA) is 87.7 Å². The van der Waals surface area contributed by atoms with Gasteiger partial charge in [0, 0.05) is 6.92 Å². The number of nitrogens with zero attached hydrogens (tertiary/aromatic N) is 2. The molecule has 0 bridgehead atoms. The Morgan fingerprint density at radius 3 is 2.79 bits per heavy atom. The Morgan fingerprint density at radius 2 is 2.21 bits per heavy atom. The first-order valence-electron chi connectivity index (χ1n) is 3.90. The molecule has 1 heterocycles. The summed E-state index contributed by atoms with van der Waals surface area (Å²) in [5, 5.41) is 9.23. The fourth-order valence-electron chi connectivity index (χ4n) is 0.700. The van der Waals surface area contributed by atoms with E-state index in [1.54, 1.807) is 0 Å². The molecule has 0 saturated carbocycles. The Hall–Kier alpha value is -1.37. The van der Waals surface area contributed by atoms with E-state index in [0.29, 0.717) is 16.9 Å². The molecule has 0 saturated heterocycles. The van der Waals surface area contributed by atoms with Gasteiger partial charge in [0.15, 0.2) is 0 Å². The van der Waals surface area contributed by atoms with Gasteiger partial charge in [-0.15, -0.1) is 5.10 Å². The molecule has 0 atom stereocenters. The molecule has 0 radical (unpaired) electrons. The first-order valence-corrected chi connectivity index (χ1v) is 4.88. The van der Waals surface area contributed by atoms with Crippen molar-refractivity contribution in [2.45, 2.75) is 19.0 Å². The standard InChI is InChI=1S/C7H10N4O2S/c1-4(12)3-14-7-9-6(10-11-7)8-5(2)13/h3H2,1-2H3,(H2,8,9,10,11,13). The van der Waals surface area contributed by atoms with Crippen LogP contribution in [0, 0.1) is 0 Å². The number of ketones is 1. The molecule has 1 amide bonds. The van der Waals surface area contributed by atoms with Crippen LogP contribution in [0.25, 0.3) is 0 Å². The minimum Gasteiger partial charge on any atom is -0.299 e. The first kappa shape index (κ1) is 10.7. The van der Waals surface area contributed by atoms with Crippen molar-refractivity contribution in [3.63, 3.8) is 0 Å². The molecule has 2 N–H and O–H groups in total. The second kappa shape index (κ2) is 4.75. The van der Waals surface area contributed by atoms with Crippen molar-refractivity contribution in [1.82, 2.24) is 15.2 Å². The lowest BCUT2D eigenvalue weighted by Gasteiger charge is -1.92. The van der Waals surface area contributed by atoms with Crippen LogP contribution in [0.2, 0.25) is 0 Å². The molecule has 0 aliphatic heterocycles. The van der Waals surface area contributed by atoms with Crippen LogP contribution in [0.1, 0.15) is 13.8 Å². The summed E-state index contributed by atoms with van der Waals surface area (Å²) in [7, 11) is 0. The van der Waals surface area contributed by atoms with Crippen molar-refractivity contribution in [2.75, 3.05) is 11.1 Å². The Balaban J connectivity index is 2.50. The number of carbonyl (C=O) groups is 2. The average Bonchev–Trinajstić information content (AvgIpc) is 2.47. The zero-order valence-electron chi connectivity index (χ0n) is 7.83. The molecule has 0 spiro atoms. The van der Waals surface area contributed by atoms with E-state index in [0.717, 1.165) is 0 Å². The zero-order valence-corrected chi connectivity index (χ0v) is 8.64. The minimum atomic E-state index is -0.218. The number of rotatable bonds is 4. The molecule has 1 aromatic heterocycles. The van der Waals surface area contributed by atoms with Gasteiger partial charge in [0.2, 0.25) is 17.0 Å². The monoisotopic (exact) mass is 214 g/mol. The highest BCUT2D eigenvalue weighted by Crippen LogP contribution is 2.13. The highest BCUT2D eigenvalue weighted by atomic mass is 32.2. The molecule has 6 nitrogen and oxygen atoms in total. The number of amides is 1. The van der Waals surface area contributed by atoms with Gasteiger partial charge in [-0.1, -0.05) is 11.8 Å². The van der Waals surface area contributed by atoms with Crippen LogP contribution in [0.3, 0.4) is 0 Å². The number of H-pyrrole nitrogens is 1. The van der Waals surface area contributed by atoms with Gasteiger partial charge in [-0.25, -0.2) is 5.10 Å². The van der Waals surface area contributed by atoms with Gasteiger partial charge >= 0.3 is 0 Å². The van der Waals surface area contributed by atoms with E-state index in [1.165, 1.54) is 25.6 Å². The summed E-state index contributed by atoms with van der Waals surface area (Å²) < 4.78 is 0. The van der Waals surface area contributed by atoms with Crippen LogP contribution in [0.4, 0.5) is 5.95 Å². The predicted molar refractivity (Wildman–Crippen MR) is 52.1 cm³/mol. The van der Waals surface area contributed by atoms with Gasteiger partial charge < -0.3 is 0 Å². The Labute approximate surface area is 84.9 Å². The fourth-order valence-corrected chi connectivity index (χ4v) is 1.30. The fraction of sp³-hybridized carbons (Fsp3) is 0.429. The second-order valence-corrected chi connectivity index (χ2v) is 3.58. The van der Waals surface area contributed by atoms with E-state index in [2.05, 4.69) is 20.5 Å². The van der Waals surface area contributed by atoms with E-state index in [4.69, 9.17) is 0 Å². The maximum atomic E-state index is 10.6. The van der Waals surface area contributed by atoms with Crippen LogP contribution in [-0.4, -0.2) is 32.6 Å². The van der Waals surface area contributed by atoms with Gasteiger partial charge in [0.05, 0.1) is 5.75 Å². The molecular weight excluding hydrogens is 204 g/mol. The second-order valence-electron chi connectivity index (χ2n) is 2.64. The Bertz CT molecular complexity index is 349. The van der Waals surface area contributed by atoms with E-state index >= 15 is 0 Å². The maximum Gasteiger partial charge on any atom is 0.226 e. The molecule has 76 valence electrons. The van der Waals surface area contributed by atoms with Crippen molar-refractivity contribution in [3.8, 4) is 0 Å². The molecule has 0 aliphatic rings. The van der Waals surface area contributed by atoms with Crippen LogP contribution >= 0.6 is 11.8 Å². The lowest BCUT2D eigenvalue weighted by Crippen LogP contribution is -2.06. The summed E-state index contributed by atoms with van der Waals surface area (Å²) >= 11 is 1.22. The largest absolute Gasteiger partial charge is 0.299 e. The van der Waals surface area contributed by atoms with Gasteiger partial charge in [0.1, 0.15) is 5.78 Å². The summed E-state index contributed by atoms with van der Waals surface area (Å²) in [6, 6.07) is 0. The number of hydrogen-bond acceptors (Lipinski definition) is 5. The number of hydrogen-bond donors (Lipinski definition) is 2. The lowest BCUT2D eigenvalue weighted by atomic mass is 10.5. The number of aromatic amines is 1. The molecule has 1 rings (SSSR count). The third-order valence-corrected chi connectivity index (χ3v) is 2.16. The minimum absolute atomic E-state index is 0.0564. The summed E-state index contributed by atoms with van der Waals surface area (Å²) in [5.74, 6) is 0.464. The smallest absolute Gasteiger partial charge is 0.226 e. The number of carbonyl (C=O) groups excluding carboxylic acids is 2. The highest BCUT2D eigenvalue weighted by Gasteiger charge is 2.05. The van der Waals surface area contributed by atoms with E-state index in [9.17, 15) is 9.59 Å². The van der Waals surface area contributed by atoms with Gasteiger partial charge in [-0.05, 0) is 6.92 Å². The van der Waals surface area contributed by atoms with Crippen molar-refractivity contribution < 1.29 is 9.59 Å². The molecule has 0 aliphatic carbocycles. The van der Waals surface area contributed by atoms with Crippen LogP contribution in [0.5, 0.6) is 0 Å². The quantitative estimate of drug-likeness (QED) is 0.710. The highest BCUT2D eigenvalue weighted by molar-refractivity contribution is 7.99. The molecule has 0 unspecified atom stereocenters. The van der Waals surface area contributed by atoms with Gasteiger partial charge in [0.25, 0.3) is 0 Å². The molecular formula is C7H10N4O2S. The predicted octanol–water partition coefficient (Wildman–Crippen LogP) is 0.444. The Morgan fingerprint density at radius 1 is 1.50 bits per heavy atom. The molecule has 0 aromatic carbocycles. The summed E-state index contributed by atoms with van der Waals surface area (Å²) in [4.78, 5) is 25.2. The van der Waals surface area contributed by atoms with Crippen molar-refractivity contribution in [3.05, 3.63) is 0 Å². The van der Waals surface area contributed by atoms with Crippen LogP contribution in [0.15, 0.2) is 5.16 Å². The maximum absolute atomic E-state index is 10.6. The third-order valence-electron chi connectivity index (χ3n) is 1.16. The van der Waals surface area contributed by atoms with Crippen molar-refractivity contribution >= 4 is 29.4 Å². The van der Waals surface area contributed by atoms with E-state index in [-0.39, 0.29) is 11.7 Å². The average molecular weight is 214 g/mol. The summed E-state index contributed by atoms with van der Waals surface area (Å²) in [6.45, 7) is 2.87. The number of anilines is 1. The van der Waals surface area contributed by atoms with Gasteiger partial charge in [-0.3, -0.25) is 14.9 Å². The number of nitrogens with one attached hydrogen (secondary N) is 2. The van der Waals surface area contributed by atoms with Crippen molar-refractivity contribution in [1.29, 1.82) is 0 Å². The zero-order chi connectivity index (χ0) is 10.6. The van der Waals surface area contributed by atoms with E-state index in [1.807, 2.05) is 0 Å². The normalized spacial score (nSPS) is 9.86. The van der Waals surface area contributed by atoms with Crippen LogP contribution in [-0.2, 0) is 9.59 Å². The Kier molecular flexibility index (Phi) is 3.63. The summed E-state index contributed by atoms with van der Waals surface area (Å²) in [5.41, 5.74) is 0. The SMILES string of the molecule is CC(=O)CSc1n[nH]c(NC(C)=O)n1. The number of Topliss-reactive ketones (excluding diaryl/α,β-unsaturated/α-hetero) is 1. The summed E-state index contributed by atoms with van der Waals surface area (Å²) in [6.07, 6.45) is 0. The third kappa shape index (κ3) is 3.56. The van der Waals surface area contributed by atoms with Crippen LogP contribution < -0.4 is 5.32 Å². The molecule has 0 fully saturated rings. The molecule has 1 aromatic rings. The molecule has 14 heavy (non-hydrogen) atoms. The van der Waals surface area contributed by atoms with Gasteiger partial charge in [-0.2, -0.15) is 4.98 Å². The first-order chi connectivity index (χ1) is 6.58. The lowest BCUT2D eigenvalue weighted by molar-refractivity contribution is -0.115. The van der Waals surface area contributed by atoms with E-state index < -0.39 is 0 Å².